The van der Waals surface area contributed by atoms with E-state index in [9.17, 15) is 4.79 Å². The predicted octanol–water partition coefficient (Wildman–Crippen LogP) is 3.73. The molecule has 1 amide bonds. The van der Waals surface area contributed by atoms with Gasteiger partial charge < -0.3 is 15.4 Å². The lowest BCUT2D eigenvalue weighted by atomic mass is 10.0. The van der Waals surface area contributed by atoms with E-state index in [1.165, 1.54) is 6.42 Å². The molecule has 1 heterocycles. The molecule has 0 aromatic heterocycles. The molecule has 4 heteroatoms. The highest BCUT2D eigenvalue weighted by atomic mass is 16.5. The van der Waals surface area contributed by atoms with E-state index >= 15 is 0 Å². The van der Waals surface area contributed by atoms with Gasteiger partial charge in [-0.25, -0.2) is 0 Å². The normalized spacial score (nSPS) is 16.7. The highest BCUT2D eigenvalue weighted by Crippen LogP contribution is 2.19. The Bertz CT molecular complexity index is 667. The molecule has 1 saturated heterocycles. The number of nitrogens with one attached hydrogen (secondary N) is 2. The molecule has 0 aliphatic carbocycles. The molecular formula is C21H26N2O2. The van der Waals surface area contributed by atoms with Gasteiger partial charge in [0.2, 0.25) is 5.91 Å². The number of para-hydroxylation sites is 1. The monoisotopic (exact) mass is 338 g/mol. The number of hydrogen-bond donors (Lipinski definition) is 2. The molecule has 0 bridgehead atoms. The highest BCUT2D eigenvalue weighted by molar-refractivity contribution is 5.91. The van der Waals surface area contributed by atoms with Crippen LogP contribution in [0.4, 0.5) is 5.69 Å². The van der Waals surface area contributed by atoms with E-state index in [1.807, 2.05) is 54.6 Å². The van der Waals surface area contributed by atoms with E-state index in [4.69, 9.17) is 4.74 Å². The molecule has 0 saturated carbocycles. The first-order valence-corrected chi connectivity index (χ1v) is 9.01. The number of anilines is 1. The van der Waals surface area contributed by atoms with Crippen LogP contribution >= 0.6 is 0 Å². The Morgan fingerprint density at radius 2 is 1.88 bits per heavy atom. The fourth-order valence-electron chi connectivity index (χ4n) is 3.13. The van der Waals surface area contributed by atoms with Crippen molar-refractivity contribution in [3.63, 3.8) is 0 Å². The Labute approximate surface area is 149 Å². The lowest BCUT2D eigenvalue weighted by molar-refractivity contribution is -0.116. The van der Waals surface area contributed by atoms with Crippen molar-refractivity contribution in [1.82, 2.24) is 5.32 Å². The molecule has 0 spiro atoms. The van der Waals surface area contributed by atoms with Crippen molar-refractivity contribution in [3.05, 3.63) is 65.7 Å². The third-order valence-electron chi connectivity index (χ3n) is 4.60. The predicted molar refractivity (Wildman–Crippen MR) is 100 cm³/mol. The zero-order chi connectivity index (χ0) is 17.3. The molecule has 2 aromatic carbocycles. The minimum Gasteiger partial charge on any atom is -0.372 e. The number of carbonyl (C=O) groups is 1. The zero-order valence-corrected chi connectivity index (χ0v) is 14.5. The third-order valence-corrected chi connectivity index (χ3v) is 4.60. The summed E-state index contributed by atoms with van der Waals surface area (Å²) in [6, 6.07) is 18.0. The Morgan fingerprint density at radius 1 is 1.08 bits per heavy atom. The summed E-state index contributed by atoms with van der Waals surface area (Å²) in [6.45, 7) is 3.17. The Morgan fingerprint density at radius 3 is 2.68 bits per heavy atom. The van der Waals surface area contributed by atoms with Crippen molar-refractivity contribution < 1.29 is 9.53 Å². The SMILES string of the molecule is O=C(CCC1CCNC1)Nc1ccccc1COCc1ccccc1. The van der Waals surface area contributed by atoms with Crippen molar-refractivity contribution in [3.8, 4) is 0 Å². The van der Waals surface area contributed by atoms with E-state index in [2.05, 4.69) is 10.6 Å². The highest BCUT2D eigenvalue weighted by Gasteiger charge is 2.16. The van der Waals surface area contributed by atoms with Crippen molar-refractivity contribution in [1.29, 1.82) is 0 Å². The maximum Gasteiger partial charge on any atom is 0.224 e. The maximum absolute atomic E-state index is 12.2. The fourth-order valence-corrected chi connectivity index (χ4v) is 3.13. The molecule has 1 unspecified atom stereocenters. The molecule has 1 fully saturated rings. The second-order valence-electron chi connectivity index (χ2n) is 6.58. The van der Waals surface area contributed by atoms with Crippen LogP contribution in [0.25, 0.3) is 0 Å². The quantitative estimate of drug-likeness (QED) is 0.771. The van der Waals surface area contributed by atoms with Crippen LogP contribution in [0.15, 0.2) is 54.6 Å². The smallest absolute Gasteiger partial charge is 0.224 e. The number of amides is 1. The van der Waals surface area contributed by atoms with E-state index in [0.29, 0.717) is 25.6 Å². The van der Waals surface area contributed by atoms with Crippen LogP contribution in [0.3, 0.4) is 0 Å². The van der Waals surface area contributed by atoms with Crippen LogP contribution in [0.5, 0.6) is 0 Å². The van der Waals surface area contributed by atoms with E-state index < -0.39 is 0 Å². The first-order valence-electron chi connectivity index (χ1n) is 9.01. The lowest BCUT2D eigenvalue weighted by Crippen LogP contribution is -2.16. The largest absolute Gasteiger partial charge is 0.372 e. The minimum absolute atomic E-state index is 0.0856. The summed E-state index contributed by atoms with van der Waals surface area (Å²) in [6.07, 6.45) is 2.70. The molecular weight excluding hydrogens is 312 g/mol. The molecule has 2 aromatic rings. The summed E-state index contributed by atoms with van der Waals surface area (Å²) >= 11 is 0. The molecule has 3 rings (SSSR count). The van der Waals surface area contributed by atoms with Crippen LogP contribution in [0.2, 0.25) is 0 Å². The first-order chi connectivity index (χ1) is 12.3. The topological polar surface area (TPSA) is 50.4 Å². The molecule has 25 heavy (non-hydrogen) atoms. The van der Waals surface area contributed by atoms with Crippen LogP contribution in [0, 0.1) is 5.92 Å². The van der Waals surface area contributed by atoms with Gasteiger partial charge >= 0.3 is 0 Å². The van der Waals surface area contributed by atoms with E-state index in [-0.39, 0.29) is 5.91 Å². The van der Waals surface area contributed by atoms with Crippen molar-refractivity contribution in [2.45, 2.75) is 32.5 Å². The number of rotatable bonds is 8. The van der Waals surface area contributed by atoms with Gasteiger partial charge in [-0.1, -0.05) is 48.5 Å². The summed E-state index contributed by atoms with van der Waals surface area (Å²) in [4.78, 5) is 12.2. The van der Waals surface area contributed by atoms with Crippen molar-refractivity contribution in [2.75, 3.05) is 18.4 Å². The fraction of sp³-hybridized carbons (Fsp3) is 0.381. The lowest BCUT2D eigenvalue weighted by Gasteiger charge is -2.13. The van der Waals surface area contributed by atoms with Gasteiger partial charge in [-0.15, -0.1) is 0 Å². The van der Waals surface area contributed by atoms with Crippen LogP contribution in [-0.4, -0.2) is 19.0 Å². The number of hydrogen-bond acceptors (Lipinski definition) is 3. The molecule has 132 valence electrons. The summed E-state index contributed by atoms with van der Waals surface area (Å²) in [5.41, 5.74) is 3.01. The Kier molecular flexibility index (Phi) is 6.60. The Balaban J connectivity index is 1.48. The van der Waals surface area contributed by atoms with E-state index in [1.54, 1.807) is 0 Å². The Hall–Kier alpha value is -2.17. The number of carbonyl (C=O) groups excluding carboxylic acids is 1. The summed E-state index contributed by atoms with van der Waals surface area (Å²) in [5.74, 6) is 0.720. The summed E-state index contributed by atoms with van der Waals surface area (Å²) in [5, 5.41) is 6.39. The second kappa shape index (κ2) is 9.35. The van der Waals surface area contributed by atoms with Gasteiger partial charge in [-0.3, -0.25) is 4.79 Å². The average Bonchev–Trinajstić information content (AvgIpc) is 3.16. The van der Waals surface area contributed by atoms with Gasteiger partial charge in [0.1, 0.15) is 0 Å². The van der Waals surface area contributed by atoms with Crippen molar-refractivity contribution >= 4 is 11.6 Å². The van der Waals surface area contributed by atoms with Gasteiger partial charge in [-0.2, -0.15) is 0 Å². The molecule has 1 aliphatic heterocycles. The minimum atomic E-state index is 0.0856. The van der Waals surface area contributed by atoms with Gasteiger partial charge in [0.05, 0.1) is 13.2 Å². The van der Waals surface area contributed by atoms with Crippen LogP contribution < -0.4 is 10.6 Å². The molecule has 1 aliphatic rings. The zero-order valence-electron chi connectivity index (χ0n) is 14.5. The molecule has 1 atom stereocenters. The maximum atomic E-state index is 12.2. The third kappa shape index (κ3) is 5.69. The second-order valence-corrected chi connectivity index (χ2v) is 6.58. The van der Waals surface area contributed by atoms with Crippen molar-refractivity contribution in [2.24, 2.45) is 5.92 Å². The summed E-state index contributed by atoms with van der Waals surface area (Å²) in [7, 11) is 0. The number of benzene rings is 2. The van der Waals surface area contributed by atoms with Crippen LogP contribution in [0.1, 0.15) is 30.4 Å². The molecule has 0 radical (unpaired) electrons. The molecule has 4 nitrogen and oxygen atoms in total. The van der Waals surface area contributed by atoms with E-state index in [0.717, 1.165) is 36.3 Å². The standard InChI is InChI=1S/C21H26N2O2/c24-21(11-10-17-12-13-22-14-17)23-20-9-5-4-8-19(20)16-25-15-18-6-2-1-3-7-18/h1-9,17,22H,10-16H2,(H,23,24). The average molecular weight is 338 g/mol. The summed E-state index contributed by atoms with van der Waals surface area (Å²) < 4.78 is 5.81. The molecule has 2 N–H and O–H groups in total. The van der Waals surface area contributed by atoms with Gasteiger partial charge in [0.25, 0.3) is 0 Å². The van der Waals surface area contributed by atoms with Crippen LogP contribution in [-0.2, 0) is 22.7 Å². The van der Waals surface area contributed by atoms with Gasteiger partial charge in [0.15, 0.2) is 0 Å². The first kappa shape index (κ1) is 17.6. The van der Waals surface area contributed by atoms with Gasteiger partial charge in [0, 0.05) is 17.7 Å². The number of ether oxygens (including phenoxy) is 1. The van der Waals surface area contributed by atoms with Gasteiger partial charge in [-0.05, 0) is 43.5 Å².